The summed E-state index contributed by atoms with van der Waals surface area (Å²) in [5.74, 6) is -0.158. The van der Waals surface area contributed by atoms with Gasteiger partial charge in [-0.05, 0) is 61.1 Å². The van der Waals surface area contributed by atoms with Crippen LogP contribution in [0.15, 0.2) is 30.3 Å². The van der Waals surface area contributed by atoms with E-state index in [1.165, 1.54) is 0 Å². The van der Waals surface area contributed by atoms with Crippen molar-refractivity contribution < 1.29 is 13.9 Å². The molecule has 0 spiro atoms. The number of thiol groups is 1. The van der Waals surface area contributed by atoms with Gasteiger partial charge in [-0.3, -0.25) is 9.52 Å². The van der Waals surface area contributed by atoms with E-state index in [9.17, 15) is 9.18 Å². The molecule has 0 bridgehead atoms. The van der Waals surface area contributed by atoms with E-state index in [2.05, 4.69) is 38.3 Å². The van der Waals surface area contributed by atoms with E-state index in [4.69, 9.17) is 16.3 Å². The number of carbonyl (C=O) groups excluding carboxylic acids is 1. The molecule has 1 unspecified atom stereocenters. The summed E-state index contributed by atoms with van der Waals surface area (Å²) in [7, 11) is 0. The minimum Gasteiger partial charge on any atom is -0.466 e. The fourth-order valence-electron chi connectivity index (χ4n) is 2.89. The number of aryl methyl sites for hydroxylation is 2. The number of halogens is 2. The van der Waals surface area contributed by atoms with E-state index in [1.807, 2.05) is 32.0 Å². The largest absolute Gasteiger partial charge is 0.466 e. The van der Waals surface area contributed by atoms with Crippen molar-refractivity contribution in [3.05, 3.63) is 57.9 Å². The molecular formula is C23H31ClFNO2S. The third-order valence-corrected chi connectivity index (χ3v) is 4.62. The molecule has 1 atom stereocenters. The predicted octanol–water partition coefficient (Wildman–Crippen LogP) is 6.85. The zero-order valence-corrected chi connectivity index (χ0v) is 19.6. The van der Waals surface area contributed by atoms with E-state index < -0.39 is 17.8 Å². The van der Waals surface area contributed by atoms with Crippen LogP contribution in [0.3, 0.4) is 0 Å². The number of nitrogens with one attached hydrogen (secondary N) is 1. The lowest BCUT2D eigenvalue weighted by molar-refractivity contribution is -0.143. The SMILES string of the molecule is CC(C)C.CCOC(=O)CC(NS)c1cc(-c2c(C)cccc2C)cc(Cl)c1F. The molecule has 2 aromatic rings. The van der Waals surface area contributed by atoms with E-state index >= 15 is 0 Å². The number of hydrogen-bond donors (Lipinski definition) is 2. The molecule has 1 N–H and O–H groups in total. The highest BCUT2D eigenvalue weighted by molar-refractivity contribution is 7.78. The predicted molar refractivity (Wildman–Crippen MR) is 123 cm³/mol. The molecule has 6 heteroatoms. The van der Waals surface area contributed by atoms with Crippen LogP contribution in [0.4, 0.5) is 4.39 Å². The number of benzene rings is 2. The number of carbonyl (C=O) groups is 1. The molecule has 0 radical (unpaired) electrons. The first-order chi connectivity index (χ1) is 13.6. The van der Waals surface area contributed by atoms with Crippen LogP contribution in [0.5, 0.6) is 0 Å². The van der Waals surface area contributed by atoms with Gasteiger partial charge >= 0.3 is 5.97 Å². The van der Waals surface area contributed by atoms with E-state index in [0.29, 0.717) is 0 Å². The van der Waals surface area contributed by atoms with Crippen LogP contribution in [0, 0.1) is 25.6 Å². The Morgan fingerprint density at radius 2 is 1.76 bits per heavy atom. The summed E-state index contributed by atoms with van der Waals surface area (Å²) < 4.78 is 22.2. The van der Waals surface area contributed by atoms with E-state index in [1.54, 1.807) is 19.1 Å². The maximum atomic E-state index is 14.6. The second-order valence-electron chi connectivity index (χ2n) is 7.55. The first-order valence-corrected chi connectivity index (χ1v) is 10.6. The van der Waals surface area contributed by atoms with Crippen molar-refractivity contribution in [1.82, 2.24) is 4.72 Å². The molecule has 160 valence electrons. The first kappa shape index (κ1) is 25.5. The summed E-state index contributed by atoms with van der Waals surface area (Å²) in [4.78, 5) is 11.8. The van der Waals surface area contributed by atoms with Crippen LogP contribution in [-0.2, 0) is 9.53 Å². The number of hydrogen-bond acceptors (Lipinski definition) is 4. The van der Waals surface area contributed by atoms with Gasteiger partial charge in [0, 0.05) is 5.56 Å². The minimum atomic E-state index is -0.649. The molecular weight excluding hydrogens is 409 g/mol. The second-order valence-corrected chi connectivity index (χ2v) is 8.22. The summed E-state index contributed by atoms with van der Waals surface area (Å²) in [6.45, 7) is 12.5. The smallest absolute Gasteiger partial charge is 0.307 e. The van der Waals surface area contributed by atoms with Crippen LogP contribution in [-0.4, -0.2) is 12.6 Å². The highest BCUT2D eigenvalue weighted by Crippen LogP contribution is 2.35. The third kappa shape index (κ3) is 7.65. The summed E-state index contributed by atoms with van der Waals surface area (Å²) in [5, 5.41) is 0.00703. The third-order valence-electron chi connectivity index (χ3n) is 4.03. The Balaban J connectivity index is 0.000000960. The van der Waals surface area contributed by atoms with Crippen LogP contribution >= 0.6 is 24.4 Å². The van der Waals surface area contributed by atoms with E-state index in [0.717, 1.165) is 28.2 Å². The molecule has 2 aromatic carbocycles. The molecule has 29 heavy (non-hydrogen) atoms. The standard InChI is InChI=1S/C19H21ClFNO2S.C4H10/c1-4-24-17(23)10-16(22-25)14-8-13(9-15(20)19(14)21)18-11(2)6-5-7-12(18)3;1-4(2)3/h5-9,16,22,25H,4,10H2,1-3H3;4H,1-3H3. The zero-order valence-electron chi connectivity index (χ0n) is 18.0. The molecule has 0 aliphatic carbocycles. The fraction of sp³-hybridized carbons (Fsp3) is 0.435. The first-order valence-electron chi connectivity index (χ1n) is 9.73. The van der Waals surface area contributed by atoms with Gasteiger partial charge in [-0.15, -0.1) is 0 Å². The molecule has 3 nitrogen and oxygen atoms in total. The van der Waals surface area contributed by atoms with Crippen molar-refractivity contribution >= 4 is 30.4 Å². The molecule has 0 heterocycles. The summed E-state index contributed by atoms with van der Waals surface area (Å²) >= 11 is 10.2. The van der Waals surface area contributed by atoms with Gasteiger partial charge in [-0.2, -0.15) is 0 Å². The quantitative estimate of drug-likeness (QED) is 0.381. The van der Waals surface area contributed by atoms with Gasteiger partial charge in [0.1, 0.15) is 5.82 Å². The number of esters is 1. The maximum absolute atomic E-state index is 14.6. The normalized spacial score (nSPS) is 11.7. The van der Waals surface area contributed by atoms with Crippen molar-refractivity contribution in [2.24, 2.45) is 5.92 Å². The Bertz CT molecular complexity index is 804. The van der Waals surface area contributed by atoms with Crippen molar-refractivity contribution in [3.63, 3.8) is 0 Å². The van der Waals surface area contributed by atoms with Gasteiger partial charge < -0.3 is 4.74 Å². The fourth-order valence-corrected chi connectivity index (χ4v) is 3.35. The Morgan fingerprint density at radius 3 is 2.24 bits per heavy atom. The lowest BCUT2D eigenvalue weighted by Crippen LogP contribution is -2.19. The number of rotatable bonds is 6. The van der Waals surface area contributed by atoms with Crippen LogP contribution < -0.4 is 4.72 Å². The molecule has 0 aliphatic heterocycles. The van der Waals surface area contributed by atoms with Crippen molar-refractivity contribution in [2.45, 2.75) is 54.0 Å². The van der Waals surface area contributed by atoms with Crippen LogP contribution in [0.2, 0.25) is 5.02 Å². The van der Waals surface area contributed by atoms with Gasteiger partial charge in [0.15, 0.2) is 0 Å². The molecule has 0 aromatic heterocycles. The van der Waals surface area contributed by atoms with Crippen LogP contribution in [0.25, 0.3) is 11.1 Å². The van der Waals surface area contributed by atoms with Gasteiger partial charge in [0.2, 0.25) is 0 Å². The van der Waals surface area contributed by atoms with Gasteiger partial charge in [-0.25, -0.2) is 4.39 Å². The van der Waals surface area contributed by atoms with Gasteiger partial charge in [0.05, 0.1) is 24.1 Å². The van der Waals surface area contributed by atoms with Crippen molar-refractivity contribution in [3.8, 4) is 11.1 Å². The Morgan fingerprint density at radius 1 is 1.21 bits per heavy atom. The van der Waals surface area contributed by atoms with Crippen LogP contribution in [0.1, 0.15) is 56.8 Å². The Kier molecular flexibility index (Phi) is 10.7. The molecule has 0 amide bonds. The highest BCUT2D eigenvalue weighted by atomic mass is 35.5. The maximum Gasteiger partial charge on any atom is 0.307 e. The van der Waals surface area contributed by atoms with Crippen molar-refractivity contribution in [1.29, 1.82) is 0 Å². The van der Waals surface area contributed by atoms with Gasteiger partial charge in [0.25, 0.3) is 0 Å². The van der Waals surface area contributed by atoms with Crippen molar-refractivity contribution in [2.75, 3.05) is 6.61 Å². The summed E-state index contributed by atoms with van der Waals surface area (Å²) in [5.41, 5.74) is 4.21. The molecule has 0 saturated carbocycles. The lowest BCUT2D eigenvalue weighted by Gasteiger charge is -2.19. The average molecular weight is 440 g/mol. The molecule has 0 saturated heterocycles. The lowest BCUT2D eigenvalue weighted by atomic mass is 9.92. The summed E-state index contributed by atoms with van der Waals surface area (Å²) in [6.07, 6.45) is -0.0409. The minimum absolute atomic E-state index is 0.00703. The Hall–Kier alpha value is -1.56. The van der Waals surface area contributed by atoms with Gasteiger partial charge in [-0.1, -0.05) is 63.4 Å². The molecule has 0 aliphatic rings. The van der Waals surface area contributed by atoms with E-state index in [-0.39, 0.29) is 23.6 Å². The Labute approximate surface area is 184 Å². The second kappa shape index (κ2) is 12.2. The monoisotopic (exact) mass is 439 g/mol. The topological polar surface area (TPSA) is 38.3 Å². The molecule has 2 rings (SSSR count). The summed E-state index contributed by atoms with van der Waals surface area (Å²) in [6, 6.07) is 8.63. The average Bonchev–Trinajstić information content (AvgIpc) is 2.62. The zero-order chi connectivity index (χ0) is 22.1. The highest BCUT2D eigenvalue weighted by Gasteiger charge is 2.22. The number of ether oxygens (including phenoxy) is 1. The molecule has 0 fully saturated rings.